The van der Waals surface area contributed by atoms with Crippen molar-refractivity contribution in [1.29, 1.82) is 0 Å². The van der Waals surface area contributed by atoms with Gasteiger partial charge in [0.2, 0.25) is 0 Å². The highest BCUT2D eigenvalue weighted by molar-refractivity contribution is 9.10. The molecule has 94 valence electrons. The van der Waals surface area contributed by atoms with Crippen LogP contribution in [0.1, 0.15) is 16.5 Å². The molecule has 0 saturated heterocycles. The molecule has 0 aliphatic carbocycles. The van der Waals surface area contributed by atoms with E-state index in [1.165, 1.54) is 6.07 Å². The molecule has 1 unspecified atom stereocenters. The Morgan fingerprint density at radius 1 is 1.06 bits per heavy atom. The second-order valence-corrected chi connectivity index (χ2v) is 5.29. The molecule has 0 bridgehead atoms. The fourth-order valence-electron chi connectivity index (χ4n) is 1.74. The van der Waals surface area contributed by atoms with Gasteiger partial charge in [0.1, 0.15) is 0 Å². The number of hydrogen-bond acceptors (Lipinski definition) is 0. The molecule has 4 heteroatoms. The van der Waals surface area contributed by atoms with Gasteiger partial charge >= 0.3 is 0 Å². The molecule has 0 nitrogen and oxygen atoms in total. The van der Waals surface area contributed by atoms with Crippen LogP contribution in [-0.2, 0) is 6.42 Å². The summed E-state index contributed by atoms with van der Waals surface area (Å²) in [5.41, 5.74) is 1.15. The van der Waals surface area contributed by atoms with Gasteiger partial charge < -0.3 is 0 Å². The zero-order chi connectivity index (χ0) is 13.1. The highest BCUT2D eigenvalue weighted by Gasteiger charge is 2.15. The Hall–Kier alpha value is -0.930. The molecule has 0 saturated carbocycles. The molecule has 18 heavy (non-hydrogen) atoms. The minimum atomic E-state index is -0.844. The van der Waals surface area contributed by atoms with Gasteiger partial charge in [-0.1, -0.05) is 46.3 Å². The second kappa shape index (κ2) is 5.81. The summed E-state index contributed by atoms with van der Waals surface area (Å²) >= 11 is 9.64. The van der Waals surface area contributed by atoms with E-state index in [1.54, 1.807) is 6.07 Å². The molecule has 0 aliphatic rings. The summed E-state index contributed by atoms with van der Waals surface area (Å²) in [6.45, 7) is 0. The first-order chi connectivity index (χ1) is 8.59. The molecule has 0 aromatic heterocycles. The van der Waals surface area contributed by atoms with Crippen LogP contribution < -0.4 is 0 Å². The second-order valence-electron chi connectivity index (χ2n) is 3.91. The maximum absolute atomic E-state index is 13.5. The summed E-state index contributed by atoms with van der Waals surface area (Å²) in [5, 5.41) is -0.406. The fraction of sp³-hybridized carbons (Fsp3) is 0.143. The van der Waals surface area contributed by atoms with Crippen LogP contribution in [0.4, 0.5) is 8.78 Å². The van der Waals surface area contributed by atoms with E-state index < -0.39 is 17.0 Å². The van der Waals surface area contributed by atoms with Gasteiger partial charge in [0.05, 0.1) is 5.38 Å². The molecule has 0 radical (unpaired) electrons. The Bertz CT molecular complexity index is 557. The topological polar surface area (TPSA) is 0 Å². The first-order valence-corrected chi connectivity index (χ1v) is 6.64. The standard InChI is InChI=1S/C14H10BrClF2/c15-11-6-2-1-5-10(11)12(16)8-9-4-3-7-13(17)14(9)18/h1-7,12H,8H2. The van der Waals surface area contributed by atoms with Crippen molar-refractivity contribution in [2.24, 2.45) is 0 Å². The molecular formula is C14H10BrClF2. The first kappa shape index (κ1) is 13.5. The van der Waals surface area contributed by atoms with Crippen LogP contribution >= 0.6 is 27.5 Å². The lowest BCUT2D eigenvalue weighted by molar-refractivity contribution is 0.498. The van der Waals surface area contributed by atoms with Crippen molar-refractivity contribution in [3.05, 3.63) is 69.7 Å². The van der Waals surface area contributed by atoms with E-state index in [0.29, 0.717) is 0 Å². The lowest BCUT2D eigenvalue weighted by Gasteiger charge is -2.12. The lowest BCUT2D eigenvalue weighted by Crippen LogP contribution is -2.01. The first-order valence-electron chi connectivity index (χ1n) is 5.41. The Morgan fingerprint density at radius 3 is 2.50 bits per heavy atom. The third-order valence-corrected chi connectivity index (χ3v) is 3.78. The smallest absolute Gasteiger partial charge is 0.162 e. The van der Waals surface area contributed by atoms with Crippen molar-refractivity contribution in [3.63, 3.8) is 0 Å². The number of hydrogen-bond donors (Lipinski definition) is 0. The van der Waals surface area contributed by atoms with Gasteiger partial charge in [-0.2, -0.15) is 0 Å². The van der Waals surface area contributed by atoms with E-state index in [0.717, 1.165) is 16.1 Å². The van der Waals surface area contributed by atoms with Crippen LogP contribution in [0.5, 0.6) is 0 Å². The summed E-state index contributed by atoms with van der Waals surface area (Å²) in [7, 11) is 0. The number of rotatable bonds is 3. The maximum Gasteiger partial charge on any atom is 0.162 e. The van der Waals surface area contributed by atoms with Gasteiger partial charge in [-0.3, -0.25) is 0 Å². The molecular weight excluding hydrogens is 322 g/mol. The van der Waals surface area contributed by atoms with Crippen molar-refractivity contribution in [2.45, 2.75) is 11.8 Å². The molecule has 0 amide bonds. The van der Waals surface area contributed by atoms with Gasteiger partial charge in [-0.05, 0) is 29.7 Å². The zero-order valence-corrected chi connectivity index (χ0v) is 11.7. The lowest BCUT2D eigenvalue weighted by atomic mass is 10.0. The summed E-state index contributed by atoms with van der Waals surface area (Å²) in [6.07, 6.45) is 0.244. The zero-order valence-electron chi connectivity index (χ0n) is 9.34. The average molecular weight is 332 g/mol. The number of halogens is 4. The van der Waals surface area contributed by atoms with Crippen molar-refractivity contribution in [1.82, 2.24) is 0 Å². The molecule has 0 aliphatic heterocycles. The predicted molar refractivity (Wildman–Crippen MR) is 72.8 cm³/mol. The van der Waals surface area contributed by atoms with Crippen LogP contribution in [-0.4, -0.2) is 0 Å². The van der Waals surface area contributed by atoms with Crippen molar-refractivity contribution in [3.8, 4) is 0 Å². The minimum Gasteiger partial charge on any atom is -0.204 e. The molecule has 0 spiro atoms. The Kier molecular flexibility index (Phi) is 4.36. The van der Waals surface area contributed by atoms with Crippen LogP contribution in [0.15, 0.2) is 46.9 Å². The number of benzene rings is 2. The summed E-state index contributed by atoms with van der Waals surface area (Å²) < 4.78 is 27.5. The van der Waals surface area contributed by atoms with Crippen LogP contribution in [0, 0.1) is 11.6 Å². The predicted octanol–water partition coefficient (Wildman–Crippen LogP) is 5.25. The summed E-state index contributed by atoms with van der Waals surface area (Å²) in [4.78, 5) is 0. The third kappa shape index (κ3) is 2.90. The van der Waals surface area contributed by atoms with E-state index in [2.05, 4.69) is 15.9 Å². The maximum atomic E-state index is 13.5. The highest BCUT2D eigenvalue weighted by Crippen LogP contribution is 2.31. The Labute approximate surface area is 118 Å². The van der Waals surface area contributed by atoms with Crippen LogP contribution in [0.2, 0.25) is 0 Å². The van der Waals surface area contributed by atoms with Crippen LogP contribution in [0.3, 0.4) is 0 Å². The van der Waals surface area contributed by atoms with E-state index >= 15 is 0 Å². The van der Waals surface area contributed by atoms with E-state index in [4.69, 9.17) is 11.6 Å². The summed E-state index contributed by atoms with van der Waals surface area (Å²) in [6, 6.07) is 11.6. The normalized spacial score (nSPS) is 12.4. The van der Waals surface area contributed by atoms with E-state index in [9.17, 15) is 8.78 Å². The van der Waals surface area contributed by atoms with Gasteiger partial charge in [-0.25, -0.2) is 8.78 Å². The SMILES string of the molecule is Fc1cccc(CC(Cl)c2ccccc2Br)c1F. The van der Waals surface area contributed by atoms with Crippen molar-refractivity contribution in [2.75, 3.05) is 0 Å². The number of alkyl halides is 1. The monoisotopic (exact) mass is 330 g/mol. The molecule has 2 aromatic carbocycles. The average Bonchev–Trinajstić information content (AvgIpc) is 2.35. The molecule has 0 heterocycles. The van der Waals surface area contributed by atoms with Gasteiger partial charge in [-0.15, -0.1) is 11.6 Å². The Morgan fingerprint density at radius 2 is 1.78 bits per heavy atom. The summed E-state index contributed by atoms with van der Waals surface area (Å²) in [5.74, 6) is -1.67. The largest absolute Gasteiger partial charge is 0.204 e. The third-order valence-electron chi connectivity index (χ3n) is 2.67. The molecule has 2 rings (SSSR count). The molecule has 0 fully saturated rings. The molecule has 2 aromatic rings. The van der Waals surface area contributed by atoms with Gasteiger partial charge in [0.15, 0.2) is 11.6 Å². The van der Waals surface area contributed by atoms with Crippen molar-refractivity contribution < 1.29 is 8.78 Å². The Balaban J connectivity index is 2.24. The molecule has 1 atom stereocenters. The molecule has 0 N–H and O–H groups in total. The fourth-order valence-corrected chi connectivity index (χ4v) is 2.79. The van der Waals surface area contributed by atoms with Crippen LogP contribution in [0.25, 0.3) is 0 Å². The van der Waals surface area contributed by atoms with E-state index in [-0.39, 0.29) is 12.0 Å². The van der Waals surface area contributed by atoms with E-state index in [1.807, 2.05) is 24.3 Å². The minimum absolute atomic E-state index is 0.244. The highest BCUT2D eigenvalue weighted by atomic mass is 79.9. The van der Waals surface area contributed by atoms with Gasteiger partial charge in [0.25, 0.3) is 0 Å². The quantitative estimate of drug-likeness (QED) is 0.674. The van der Waals surface area contributed by atoms with Crippen molar-refractivity contribution >= 4 is 27.5 Å². The van der Waals surface area contributed by atoms with Gasteiger partial charge in [0, 0.05) is 4.47 Å².